The van der Waals surface area contributed by atoms with Crippen molar-refractivity contribution in [3.8, 4) is 22.6 Å². The molecule has 0 saturated heterocycles. The molecule has 0 N–H and O–H groups in total. The fourth-order valence-corrected chi connectivity index (χ4v) is 5.06. The lowest BCUT2D eigenvalue weighted by Gasteiger charge is -2.32. The largest absolute Gasteiger partial charge is 0.490 e. The highest BCUT2D eigenvalue weighted by Crippen LogP contribution is 2.41. The van der Waals surface area contributed by atoms with Gasteiger partial charge in [0.1, 0.15) is 24.7 Å². The zero-order chi connectivity index (χ0) is 28.6. The second-order valence-corrected chi connectivity index (χ2v) is 11.9. The number of methoxy groups -OCH3 is 2. The number of hydrogen-bond acceptors (Lipinski definition) is 4. The van der Waals surface area contributed by atoms with Crippen LogP contribution >= 0.6 is 0 Å². The van der Waals surface area contributed by atoms with E-state index in [1.165, 1.54) is 12.0 Å². The lowest BCUT2D eigenvalue weighted by Crippen LogP contribution is -2.20. The number of ether oxygens (including phenoxy) is 4. The Morgan fingerprint density at radius 2 is 1.21 bits per heavy atom. The van der Waals surface area contributed by atoms with Gasteiger partial charge in [0.15, 0.2) is 0 Å². The molecule has 0 aliphatic heterocycles. The molecule has 3 aromatic carbocycles. The molecule has 0 saturated carbocycles. The van der Waals surface area contributed by atoms with Crippen LogP contribution in [0.2, 0.25) is 0 Å². The van der Waals surface area contributed by atoms with Crippen molar-refractivity contribution in [3.05, 3.63) is 83.4 Å². The summed E-state index contributed by atoms with van der Waals surface area (Å²) in [5.74, 6) is 2.82. The Morgan fingerprint density at radius 3 is 1.69 bits per heavy atom. The van der Waals surface area contributed by atoms with E-state index in [2.05, 4.69) is 95.3 Å². The van der Waals surface area contributed by atoms with Crippen molar-refractivity contribution in [3.63, 3.8) is 0 Å². The monoisotopic (exact) mass is 532 g/mol. The minimum Gasteiger partial charge on any atom is -0.490 e. The topological polar surface area (TPSA) is 36.9 Å². The van der Waals surface area contributed by atoms with E-state index in [-0.39, 0.29) is 17.6 Å². The molecule has 0 aromatic heterocycles. The maximum absolute atomic E-state index is 6.39. The molecule has 3 atom stereocenters. The molecule has 3 unspecified atom stereocenters. The van der Waals surface area contributed by atoms with Crippen LogP contribution in [0.15, 0.2) is 66.7 Å². The summed E-state index contributed by atoms with van der Waals surface area (Å²) in [6, 6.07) is 23.3. The molecule has 0 bridgehead atoms. The SMILES string of the molecule is COC(C)c1cc(-c2ccccc2)cc(C(C)OC)c1OCCOc1ccc(C(CC(C)C)C(C)(C)C)cc1. The van der Waals surface area contributed by atoms with Crippen LogP contribution in [0.1, 0.15) is 89.7 Å². The third-order valence-electron chi connectivity index (χ3n) is 7.47. The van der Waals surface area contributed by atoms with E-state index in [4.69, 9.17) is 18.9 Å². The van der Waals surface area contributed by atoms with Gasteiger partial charge in [0.2, 0.25) is 0 Å². The van der Waals surface area contributed by atoms with Gasteiger partial charge in [0.25, 0.3) is 0 Å². The second-order valence-electron chi connectivity index (χ2n) is 11.9. The highest BCUT2D eigenvalue weighted by atomic mass is 16.5. The molecule has 3 rings (SSSR count). The molecule has 0 fully saturated rings. The Labute approximate surface area is 236 Å². The van der Waals surface area contributed by atoms with Gasteiger partial charge in [-0.3, -0.25) is 0 Å². The predicted molar refractivity (Wildman–Crippen MR) is 162 cm³/mol. The Morgan fingerprint density at radius 1 is 0.667 bits per heavy atom. The average Bonchev–Trinajstić information content (AvgIpc) is 2.93. The molecule has 39 heavy (non-hydrogen) atoms. The molecular formula is C35H48O4. The minimum atomic E-state index is -0.137. The van der Waals surface area contributed by atoms with Crippen molar-refractivity contribution in [1.29, 1.82) is 0 Å². The first-order chi connectivity index (χ1) is 18.5. The molecule has 0 amide bonds. The first-order valence-corrected chi connectivity index (χ1v) is 14.2. The van der Waals surface area contributed by atoms with Gasteiger partial charge < -0.3 is 18.9 Å². The van der Waals surface area contributed by atoms with Gasteiger partial charge in [-0.1, -0.05) is 77.1 Å². The summed E-state index contributed by atoms with van der Waals surface area (Å²) in [5, 5.41) is 0. The van der Waals surface area contributed by atoms with Gasteiger partial charge in [-0.05, 0) is 78.5 Å². The summed E-state index contributed by atoms with van der Waals surface area (Å²) in [7, 11) is 3.45. The summed E-state index contributed by atoms with van der Waals surface area (Å²) >= 11 is 0. The maximum atomic E-state index is 6.39. The van der Waals surface area contributed by atoms with Crippen LogP contribution in [0.4, 0.5) is 0 Å². The van der Waals surface area contributed by atoms with E-state index in [1.807, 2.05) is 19.9 Å². The van der Waals surface area contributed by atoms with Crippen LogP contribution in [0.25, 0.3) is 11.1 Å². The van der Waals surface area contributed by atoms with E-state index in [9.17, 15) is 0 Å². The smallest absolute Gasteiger partial charge is 0.131 e. The predicted octanol–water partition coefficient (Wildman–Crippen LogP) is 9.40. The zero-order valence-corrected chi connectivity index (χ0v) is 25.4. The standard InChI is InChI=1S/C35H48O4/c1-24(2)21-33(35(5,6)7)28-15-17-30(18-16-28)38-19-20-39-34-31(25(3)36-8)22-29(23-32(34)26(4)37-9)27-13-11-10-12-14-27/h10-18,22-26,33H,19-21H2,1-9H3. The van der Waals surface area contributed by atoms with Gasteiger partial charge in [-0.25, -0.2) is 0 Å². The quantitative estimate of drug-likeness (QED) is 0.205. The van der Waals surface area contributed by atoms with Crippen LogP contribution in [0.3, 0.4) is 0 Å². The van der Waals surface area contributed by atoms with Crippen LogP contribution in [-0.4, -0.2) is 27.4 Å². The van der Waals surface area contributed by atoms with E-state index in [0.717, 1.165) is 33.8 Å². The van der Waals surface area contributed by atoms with Crippen molar-refractivity contribution in [1.82, 2.24) is 0 Å². The first kappa shape index (κ1) is 30.7. The van der Waals surface area contributed by atoms with Gasteiger partial charge in [-0.2, -0.15) is 0 Å². The molecule has 3 aromatic rings. The van der Waals surface area contributed by atoms with Crippen molar-refractivity contribution in [2.75, 3.05) is 27.4 Å². The van der Waals surface area contributed by atoms with Crippen molar-refractivity contribution < 1.29 is 18.9 Å². The van der Waals surface area contributed by atoms with Crippen molar-refractivity contribution >= 4 is 0 Å². The Balaban J connectivity index is 1.76. The van der Waals surface area contributed by atoms with Crippen LogP contribution in [-0.2, 0) is 9.47 Å². The van der Waals surface area contributed by atoms with Crippen molar-refractivity contribution in [2.45, 2.75) is 73.0 Å². The number of hydrogen-bond donors (Lipinski definition) is 0. The van der Waals surface area contributed by atoms with Crippen molar-refractivity contribution in [2.24, 2.45) is 11.3 Å². The maximum Gasteiger partial charge on any atom is 0.131 e. The van der Waals surface area contributed by atoms with E-state index in [0.29, 0.717) is 25.0 Å². The molecule has 4 nitrogen and oxygen atoms in total. The zero-order valence-electron chi connectivity index (χ0n) is 25.4. The van der Waals surface area contributed by atoms with Gasteiger partial charge in [-0.15, -0.1) is 0 Å². The van der Waals surface area contributed by atoms with E-state index in [1.54, 1.807) is 14.2 Å². The van der Waals surface area contributed by atoms with Crippen LogP contribution < -0.4 is 9.47 Å². The van der Waals surface area contributed by atoms with Crippen LogP contribution in [0.5, 0.6) is 11.5 Å². The normalized spacial score (nSPS) is 14.2. The Kier molecular flexibility index (Phi) is 11.0. The lowest BCUT2D eigenvalue weighted by molar-refractivity contribution is 0.105. The summed E-state index contributed by atoms with van der Waals surface area (Å²) in [5.41, 5.74) is 5.84. The van der Waals surface area contributed by atoms with Gasteiger partial charge in [0, 0.05) is 25.3 Å². The molecule has 0 heterocycles. The molecule has 0 aliphatic carbocycles. The van der Waals surface area contributed by atoms with E-state index >= 15 is 0 Å². The summed E-state index contributed by atoms with van der Waals surface area (Å²) in [6.07, 6.45) is 0.897. The average molecular weight is 533 g/mol. The van der Waals surface area contributed by atoms with Gasteiger partial charge >= 0.3 is 0 Å². The molecule has 0 spiro atoms. The summed E-state index contributed by atoms with van der Waals surface area (Å²) in [6.45, 7) is 16.5. The number of benzene rings is 3. The summed E-state index contributed by atoms with van der Waals surface area (Å²) < 4.78 is 24.0. The molecule has 0 aliphatic rings. The fraction of sp³-hybridized carbons (Fsp3) is 0.486. The Hall–Kier alpha value is -2.82. The molecule has 212 valence electrons. The van der Waals surface area contributed by atoms with E-state index < -0.39 is 0 Å². The third-order valence-corrected chi connectivity index (χ3v) is 7.47. The Bertz CT molecular complexity index is 1110. The highest BCUT2D eigenvalue weighted by Gasteiger charge is 2.27. The second kappa shape index (κ2) is 14.0. The fourth-order valence-electron chi connectivity index (χ4n) is 5.06. The van der Waals surface area contributed by atoms with Gasteiger partial charge in [0.05, 0.1) is 12.2 Å². The lowest BCUT2D eigenvalue weighted by atomic mass is 9.72. The molecular weight excluding hydrogens is 484 g/mol. The highest BCUT2D eigenvalue weighted by molar-refractivity contribution is 5.68. The number of rotatable bonds is 13. The minimum absolute atomic E-state index is 0.137. The summed E-state index contributed by atoms with van der Waals surface area (Å²) in [4.78, 5) is 0. The first-order valence-electron chi connectivity index (χ1n) is 14.2. The molecule has 0 radical (unpaired) electrons. The third kappa shape index (κ3) is 8.33. The van der Waals surface area contributed by atoms with Crippen LogP contribution in [0, 0.1) is 11.3 Å². The molecule has 4 heteroatoms.